The first kappa shape index (κ1) is 18.3. The highest BCUT2D eigenvalue weighted by Gasteiger charge is 2.19. The van der Waals surface area contributed by atoms with Crippen molar-refractivity contribution >= 4 is 20.7 Å². The third-order valence-electron chi connectivity index (χ3n) is 3.97. The molecule has 1 heterocycles. The van der Waals surface area contributed by atoms with Gasteiger partial charge >= 0.3 is 0 Å². The number of rotatable bonds is 6. The maximum absolute atomic E-state index is 8.36. The van der Waals surface area contributed by atoms with E-state index in [1.165, 1.54) is 10.3 Å². The fraction of sp³-hybridized carbons (Fsp3) is 0.211. The Morgan fingerprint density at radius 1 is 0.731 bits per heavy atom. The number of nitrogens with one attached hydrogen (secondary N) is 1. The highest BCUT2D eigenvalue weighted by atomic mass is 32.9. The molecule has 136 valence electrons. The smallest absolute Gasteiger partial charge is 0.203 e. The number of hydrogen-bond donors (Lipinski definition) is 1. The van der Waals surface area contributed by atoms with E-state index < -0.39 is 0 Å². The van der Waals surface area contributed by atoms with E-state index in [4.69, 9.17) is 24.4 Å². The molecule has 1 N–H and O–H groups in total. The molecule has 3 rings (SSSR count). The monoisotopic (exact) mass is 389 g/mol. The van der Waals surface area contributed by atoms with Crippen LogP contribution in [-0.2, 0) is 0 Å². The molecular formula is C19H19NO4S2. The summed E-state index contributed by atoms with van der Waals surface area (Å²) >= 11 is 0. The van der Waals surface area contributed by atoms with Crippen LogP contribution in [0.3, 0.4) is 0 Å². The zero-order valence-corrected chi connectivity index (χ0v) is 16.5. The van der Waals surface area contributed by atoms with Crippen molar-refractivity contribution in [3.63, 3.8) is 0 Å². The minimum Gasteiger partial charge on any atom is -0.497 e. The number of methoxy groups -OCH3 is 4. The lowest BCUT2D eigenvalue weighted by Crippen LogP contribution is -1.98. The highest BCUT2D eigenvalue weighted by molar-refractivity contribution is 7.70. The van der Waals surface area contributed by atoms with Crippen molar-refractivity contribution in [2.24, 2.45) is 0 Å². The molecule has 0 aliphatic rings. The summed E-state index contributed by atoms with van der Waals surface area (Å²) in [7, 11) is 9.40. The fourth-order valence-corrected chi connectivity index (χ4v) is 5.03. The van der Waals surface area contributed by atoms with Gasteiger partial charge in [0.1, 0.15) is 10.4 Å². The van der Waals surface area contributed by atoms with Gasteiger partial charge in [-0.3, -0.25) is 5.41 Å². The van der Waals surface area contributed by atoms with E-state index in [0.717, 1.165) is 27.3 Å². The van der Waals surface area contributed by atoms with Gasteiger partial charge in [0.2, 0.25) is 5.75 Å². The Morgan fingerprint density at radius 3 is 1.85 bits per heavy atom. The first-order valence-electron chi connectivity index (χ1n) is 7.75. The van der Waals surface area contributed by atoms with Gasteiger partial charge in [0, 0.05) is 11.1 Å². The summed E-state index contributed by atoms with van der Waals surface area (Å²) in [5, 5.41) is 8.36. The normalized spacial score (nSPS) is 10.5. The molecule has 0 fully saturated rings. The van der Waals surface area contributed by atoms with Crippen LogP contribution in [0.15, 0.2) is 36.4 Å². The molecule has 3 aromatic rings. The number of ether oxygens (including phenoxy) is 4. The van der Waals surface area contributed by atoms with Gasteiger partial charge in [0.25, 0.3) is 0 Å². The molecule has 0 radical (unpaired) electrons. The molecule has 0 saturated heterocycles. The second-order valence-corrected chi connectivity index (χ2v) is 7.49. The van der Waals surface area contributed by atoms with E-state index in [0.29, 0.717) is 21.9 Å². The topological polar surface area (TPSA) is 60.8 Å². The lowest BCUT2D eigenvalue weighted by molar-refractivity contribution is 0.324. The molecule has 0 spiro atoms. The van der Waals surface area contributed by atoms with E-state index in [1.807, 2.05) is 36.4 Å². The molecule has 0 aliphatic heterocycles. The molecule has 1 aromatic heterocycles. The number of hydrogen-bond acceptors (Lipinski definition) is 7. The third kappa shape index (κ3) is 3.27. The Balaban J connectivity index is 2.18. The maximum atomic E-state index is 8.36. The second-order valence-electron chi connectivity index (χ2n) is 5.34. The molecule has 7 heteroatoms. The summed E-state index contributed by atoms with van der Waals surface area (Å²) < 4.78 is 22.1. The first-order valence-corrected chi connectivity index (χ1v) is 9.90. The standard InChI is InChI=1S/C19H19NO4S2/c1-21-13-7-5-11(6-8-13)16-18(25-26-19(16)20)12-9-14(22-2)17(24-4)15(10-12)23-3/h5-10,20H,1-4H3. The van der Waals surface area contributed by atoms with Gasteiger partial charge in [-0.2, -0.15) is 0 Å². The highest BCUT2D eigenvalue weighted by Crippen LogP contribution is 2.44. The maximum Gasteiger partial charge on any atom is 0.203 e. The molecule has 26 heavy (non-hydrogen) atoms. The van der Waals surface area contributed by atoms with Crippen LogP contribution >= 0.6 is 20.7 Å². The summed E-state index contributed by atoms with van der Waals surface area (Å²) in [5.41, 5.74) is 2.78. The van der Waals surface area contributed by atoms with Gasteiger partial charge in [-0.05, 0) is 29.8 Å². The van der Waals surface area contributed by atoms with Crippen LogP contribution in [-0.4, -0.2) is 28.4 Å². The molecule has 5 nitrogen and oxygen atoms in total. The van der Waals surface area contributed by atoms with Gasteiger partial charge in [-0.25, -0.2) is 0 Å². The van der Waals surface area contributed by atoms with Crippen LogP contribution in [0.25, 0.3) is 21.6 Å². The third-order valence-corrected chi connectivity index (χ3v) is 6.28. The summed E-state index contributed by atoms with van der Waals surface area (Å²) in [6.07, 6.45) is 0. The lowest BCUT2D eigenvalue weighted by Gasteiger charge is -2.14. The van der Waals surface area contributed by atoms with Crippen LogP contribution < -0.4 is 23.6 Å². The van der Waals surface area contributed by atoms with Gasteiger partial charge in [0.15, 0.2) is 11.5 Å². The Kier molecular flexibility index (Phi) is 5.49. The Morgan fingerprint density at radius 2 is 1.35 bits per heavy atom. The van der Waals surface area contributed by atoms with Crippen molar-refractivity contribution in [3.8, 4) is 44.6 Å². The average molecular weight is 389 g/mol. The largest absolute Gasteiger partial charge is 0.497 e. The van der Waals surface area contributed by atoms with Crippen molar-refractivity contribution in [1.29, 1.82) is 5.41 Å². The van der Waals surface area contributed by atoms with E-state index >= 15 is 0 Å². The van der Waals surface area contributed by atoms with Crippen LogP contribution in [0.4, 0.5) is 0 Å². The van der Waals surface area contributed by atoms with E-state index in [2.05, 4.69) is 0 Å². The Hall–Kier alpha value is -2.51. The zero-order chi connectivity index (χ0) is 18.7. The second kappa shape index (κ2) is 7.80. The minimum atomic E-state index is 0.518. The van der Waals surface area contributed by atoms with Crippen molar-refractivity contribution in [1.82, 2.24) is 0 Å². The molecule has 0 saturated carbocycles. The van der Waals surface area contributed by atoms with Crippen LogP contribution in [0, 0.1) is 5.41 Å². The number of benzene rings is 2. The van der Waals surface area contributed by atoms with Crippen molar-refractivity contribution in [2.45, 2.75) is 0 Å². The average Bonchev–Trinajstić information content (AvgIpc) is 3.08. The predicted molar refractivity (Wildman–Crippen MR) is 105 cm³/mol. The summed E-state index contributed by atoms with van der Waals surface area (Å²) in [6.45, 7) is 0. The SMILES string of the molecule is COc1ccc(-c2c(-c3cc(OC)c(OC)c(OC)c3)ssc2=N)cc1. The predicted octanol–water partition coefficient (Wildman–Crippen LogP) is 4.66. The summed E-state index contributed by atoms with van der Waals surface area (Å²) in [4.78, 5) is 0.990. The van der Waals surface area contributed by atoms with E-state index in [9.17, 15) is 0 Å². The van der Waals surface area contributed by atoms with Gasteiger partial charge in [0.05, 0.1) is 33.3 Å². The summed E-state index contributed by atoms with van der Waals surface area (Å²) in [6, 6.07) is 11.5. The minimum absolute atomic E-state index is 0.518. The Bertz CT molecular complexity index is 935. The molecular weight excluding hydrogens is 370 g/mol. The fourth-order valence-electron chi connectivity index (χ4n) is 2.69. The molecule has 0 aliphatic carbocycles. The molecule has 0 unspecified atom stereocenters. The quantitative estimate of drug-likeness (QED) is 0.623. The van der Waals surface area contributed by atoms with Crippen molar-refractivity contribution < 1.29 is 18.9 Å². The molecule has 0 amide bonds. The first-order chi connectivity index (χ1) is 12.6. The van der Waals surface area contributed by atoms with E-state index in [-0.39, 0.29) is 0 Å². The van der Waals surface area contributed by atoms with Crippen LogP contribution in [0.1, 0.15) is 0 Å². The van der Waals surface area contributed by atoms with Gasteiger partial charge in [-0.1, -0.05) is 32.8 Å². The summed E-state index contributed by atoms with van der Waals surface area (Å²) in [5.74, 6) is 2.52. The van der Waals surface area contributed by atoms with Crippen LogP contribution in [0.5, 0.6) is 23.0 Å². The Labute approximate surface area is 159 Å². The lowest BCUT2D eigenvalue weighted by atomic mass is 10.0. The zero-order valence-electron chi connectivity index (χ0n) is 14.9. The van der Waals surface area contributed by atoms with Crippen molar-refractivity contribution in [2.75, 3.05) is 28.4 Å². The van der Waals surface area contributed by atoms with Crippen molar-refractivity contribution in [3.05, 3.63) is 41.1 Å². The van der Waals surface area contributed by atoms with Gasteiger partial charge < -0.3 is 18.9 Å². The molecule has 0 bridgehead atoms. The van der Waals surface area contributed by atoms with E-state index in [1.54, 1.807) is 38.8 Å². The molecule has 0 atom stereocenters. The van der Waals surface area contributed by atoms with Crippen LogP contribution in [0.2, 0.25) is 0 Å². The van der Waals surface area contributed by atoms with Gasteiger partial charge in [-0.15, -0.1) is 0 Å². The molecule has 2 aromatic carbocycles.